The maximum Gasteiger partial charge on any atom is 0.0580 e. The topological polar surface area (TPSA) is 41.0 Å². The smallest absolute Gasteiger partial charge is 0.0580 e. The van der Waals surface area contributed by atoms with Crippen LogP contribution in [0.4, 0.5) is 0 Å². The molecule has 3 heteroatoms. The highest BCUT2D eigenvalue weighted by Gasteiger charge is 2.17. The lowest BCUT2D eigenvalue weighted by molar-refractivity contribution is 0.767. The molecular formula is C20H37N3. The van der Waals surface area contributed by atoms with Gasteiger partial charge in [0.2, 0.25) is 0 Å². The number of allylic oxidation sites excluding steroid dienone is 1. The molecule has 1 aliphatic heterocycles. The van der Waals surface area contributed by atoms with E-state index in [1.165, 1.54) is 22.5 Å². The lowest BCUT2D eigenvalue weighted by Crippen LogP contribution is -2.12. The lowest BCUT2D eigenvalue weighted by Gasteiger charge is -2.12. The first-order valence-corrected chi connectivity index (χ1v) is 8.53. The Hall–Kier alpha value is -1.38. The maximum absolute atomic E-state index is 4.46. The van der Waals surface area contributed by atoms with E-state index in [1.807, 2.05) is 6.20 Å². The number of aliphatic imine (C=N–C) groups is 1. The average Bonchev–Trinajstić information content (AvgIpc) is 3.08. The summed E-state index contributed by atoms with van der Waals surface area (Å²) in [6.07, 6.45) is 4.18. The van der Waals surface area contributed by atoms with Crippen LogP contribution in [0.15, 0.2) is 22.8 Å². The largest absolute Gasteiger partial charge is 0.285 e. The van der Waals surface area contributed by atoms with Gasteiger partial charge in [0.15, 0.2) is 0 Å². The Kier molecular flexibility index (Phi) is 9.11. The van der Waals surface area contributed by atoms with Crippen molar-refractivity contribution in [3.63, 3.8) is 0 Å². The second kappa shape index (κ2) is 9.69. The van der Waals surface area contributed by atoms with Gasteiger partial charge in [0.25, 0.3) is 0 Å². The highest BCUT2D eigenvalue weighted by molar-refractivity contribution is 6.03. The van der Waals surface area contributed by atoms with Crippen molar-refractivity contribution in [2.75, 3.05) is 6.54 Å². The number of nitrogens with zero attached hydrogens (tertiary/aromatic N) is 2. The Morgan fingerprint density at radius 1 is 0.870 bits per heavy atom. The molecule has 0 fully saturated rings. The summed E-state index contributed by atoms with van der Waals surface area (Å²) in [7, 11) is 0. The summed E-state index contributed by atoms with van der Waals surface area (Å²) in [4.78, 5) is 4.46. The predicted octanol–water partition coefficient (Wildman–Crippen LogP) is 5.97. The van der Waals surface area contributed by atoms with E-state index < -0.39 is 0 Å². The highest BCUT2D eigenvalue weighted by Crippen LogP contribution is 2.23. The molecule has 1 N–H and O–H groups in total. The van der Waals surface area contributed by atoms with Crippen molar-refractivity contribution in [2.45, 2.75) is 74.7 Å². The molecule has 1 aromatic heterocycles. The van der Waals surface area contributed by atoms with Gasteiger partial charge < -0.3 is 0 Å². The fraction of sp³-hybridized carbons (Fsp3) is 0.700. The van der Waals surface area contributed by atoms with Crippen LogP contribution in [0.2, 0.25) is 0 Å². The molecular weight excluding hydrogens is 282 g/mol. The van der Waals surface area contributed by atoms with E-state index >= 15 is 0 Å². The van der Waals surface area contributed by atoms with E-state index in [-0.39, 0.29) is 7.43 Å². The number of nitrogens with one attached hydrogen (secondary N) is 1. The predicted molar refractivity (Wildman–Crippen MR) is 104 cm³/mol. The quantitative estimate of drug-likeness (QED) is 0.729. The van der Waals surface area contributed by atoms with Gasteiger partial charge in [0.05, 0.1) is 12.7 Å². The monoisotopic (exact) mass is 319 g/mol. The van der Waals surface area contributed by atoms with Crippen molar-refractivity contribution in [3.8, 4) is 0 Å². The maximum atomic E-state index is 4.46. The molecule has 0 amide bonds. The minimum Gasteiger partial charge on any atom is -0.285 e. The van der Waals surface area contributed by atoms with Crippen LogP contribution < -0.4 is 0 Å². The fourth-order valence-electron chi connectivity index (χ4n) is 2.71. The minimum absolute atomic E-state index is 0. The van der Waals surface area contributed by atoms with E-state index in [0.717, 1.165) is 6.54 Å². The SMILES string of the molecule is C.CC(C)C1=CCN=C1C(C)C.CC(C)c1cn[nH]c1C(C)C. The zero-order valence-electron chi connectivity index (χ0n) is 15.6. The summed E-state index contributed by atoms with van der Waals surface area (Å²) < 4.78 is 0. The summed E-state index contributed by atoms with van der Waals surface area (Å²) in [6.45, 7) is 18.5. The van der Waals surface area contributed by atoms with Crippen LogP contribution in [0.25, 0.3) is 0 Å². The van der Waals surface area contributed by atoms with Crippen molar-refractivity contribution in [1.29, 1.82) is 0 Å². The zero-order valence-corrected chi connectivity index (χ0v) is 15.6. The van der Waals surface area contributed by atoms with Gasteiger partial charge in [-0.25, -0.2) is 0 Å². The molecule has 2 heterocycles. The second-order valence-corrected chi connectivity index (χ2v) is 7.24. The van der Waals surface area contributed by atoms with E-state index in [9.17, 15) is 0 Å². The Bertz CT molecular complexity index is 472. The molecule has 2 rings (SSSR count). The molecule has 1 aromatic rings. The number of aromatic amines is 1. The molecule has 132 valence electrons. The Labute approximate surface area is 143 Å². The van der Waals surface area contributed by atoms with Crippen LogP contribution in [0.1, 0.15) is 85.9 Å². The summed E-state index contributed by atoms with van der Waals surface area (Å²) in [6, 6.07) is 0. The van der Waals surface area contributed by atoms with Gasteiger partial charge >= 0.3 is 0 Å². The molecule has 0 radical (unpaired) electrons. The molecule has 0 aromatic carbocycles. The zero-order chi connectivity index (χ0) is 16.9. The first-order valence-electron chi connectivity index (χ1n) is 8.53. The summed E-state index contributed by atoms with van der Waals surface area (Å²) >= 11 is 0. The van der Waals surface area contributed by atoms with Crippen molar-refractivity contribution in [1.82, 2.24) is 10.2 Å². The van der Waals surface area contributed by atoms with Crippen LogP contribution in [0.3, 0.4) is 0 Å². The molecule has 0 bridgehead atoms. The highest BCUT2D eigenvalue weighted by atomic mass is 15.1. The molecule has 0 saturated heterocycles. The first kappa shape index (κ1) is 21.6. The third kappa shape index (κ3) is 5.96. The van der Waals surface area contributed by atoms with Crippen LogP contribution in [0, 0.1) is 11.8 Å². The molecule has 0 saturated carbocycles. The van der Waals surface area contributed by atoms with E-state index in [2.05, 4.69) is 76.7 Å². The summed E-state index contributed by atoms with van der Waals surface area (Å²) in [5.74, 6) is 2.35. The van der Waals surface area contributed by atoms with E-state index in [1.54, 1.807) is 0 Å². The van der Waals surface area contributed by atoms with Crippen molar-refractivity contribution in [3.05, 3.63) is 29.1 Å². The molecule has 3 nitrogen and oxygen atoms in total. The molecule has 1 aliphatic rings. The van der Waals surface area contributed by atoms with Gasteiger partial charge in [-0.15, -0.1) is 0 Å². The Balaban J connectivity index is 0.000000403. The molecule has 0 unspecified atom stereocenters. The molecule has 0 spiro atoms. The number of aromatic nitrogens is 2. The van der Waals surface area contributed by atoms with Crippen LogP contribution in [-0.4, -0.2) is 22.5 Å². The number of H-pyrrole nitrogens is 1. The van der Waals surface area contributed by atoms with Gasteiger partial charge in [-0.05, 0) is 34.8 Å². The third-order valence-corrected chi connectivity index (χ3v) is 3.94. The normalized spacial score (nSPS) is 13.9. The average molecular weight is 320 g/mol. The van der Waals surface area contributed by atoms with Gasteiger partial charge in [-0.2, -0.15) is 5.10 Å². The van der Waals surface area contributed by atoms with Gasteiger partial charge in [-0.1, -0.05) is 68.9 Å². The second-order valence-electron chi connectivity index (χ2n) is 7.24. The Morgan fingerprint density at radius 2 is 1.48 bits per heavy atom. The minimum atomic E-state index is 0. The number of hydrogen-bond donors (Lipinski definition) is 1. The van der Waals surface area contributed by atoms with E-state index in [0.29, 0.717) is 23.7 Å². The standard InChI is InChI=1S/C10H17N.C9H16N2.CH4/c1-7(2)9-5-6-11-10(9)8(3)4;1-6(2)8-5-10-11-9(8)7(3)4;/h5,7-8H,6H2,1-4H3;5-7H,1-4H3,(H,10,11);1H4. The van der Waals surface area contributed by atoms with Crippen molar-refractivity contribution < 1.29 is 0 Å². The first-order chi connectivity index (χ1) is 10.3. The fourth-order valence-corrected chi connectivity index (χ4v) is 2.71. The third-order valence-electron chi connectivity index (χ3n) is 3.94. The van der Waals surface area contributed by atoms with Gasteiger partial charge in [0, 0.05) is 11.4 Å². The molecule has 23 heavy (non-hydrogen) atoms. The summed E-state index contributed by atoms with van der Waals surface area (Å²) in [5, 5.41) is 7.08. The van der Waals surface area contributed by atoms with Crippen molar-refractivity contribution in [2.24, 2.45) is 16.8 Å². The Morgan fingerprint density at radius 3 is 1.83 bits per heavy atom. The van der Waals surface area contributed by atoms with E-state index in [4.69, 9.17) is 0 Å². The van der Waals surface area contributed by atoms with Crippen LogP contribution in [0.5, 0.6) is 0 Å². The van der Waals surface area contributed by atoms with Gasteiger partial charge in [-0.3, -0.25) is 10.1 Å². The lowest BCUT2D eigenvalue weighted by atomic mass is 9.93. The number of rotatable bonds is 4. The van der Waals surface area contributed by atoms with Gasteiger partial charge in [0.1, 0.15) is 0 Å². The van der Waals surface area contributed by atoms with Crippen LogP contribution >= 0.6 is 0 Å². The van der Waals surface area contributed by atoms with Crippen LogP contribution in [-0.2, 0) is 0 Å². The summed E-state index contributed by atoms with van der Waals surface area (Å²) in [5.41, 5.74) is 5.40. The molecule has 0 aliphatic carbocycles. The number of hydrogen-bond acceptors (Lipinski definition) is 2. The van der Waals surface area contributed by atoms with Crippen molar-refractivity contribution >= 4 is 5.71 Å². The molecule has 0 atom stereocenters.